The quantitative estimate of drug-likeness (QED) is 0.864. The number of aliphatic hydroxyl groups is 1. The van der Waals surface area contributed by atoms with Crippen molar-refractivity contribution in [1.29, 1.82) is 0 Å². The van der Waals surface area contributed by atoms with Crippen LogP contribution in [-0.4, -0.2) is 5.11 Å². The van der Waals surface area contributed by atoms with Crippen LogP contribution < -0.4 is 5.32 Å². The Morgan fingerprint density at radius 3 is 2.67 bits per heavy atom. The lowest BCUT2D eigenvalue weighted by Gasteiger charge is -2.18. The molecule has 2 nitrogen and oxygen atoms in total. The van der Waals surface area contributed by atoms with Crippen LogP contribution in [0.5, 0.6) is 0 Å². The van der Waals surface area contributed by atoms with Gasteiger partial charge in [-0.25, -0.2) is 4.39 Å². The van der Waals surface area contributed by atoms with Crippen LogP contribution >= 0.6 is 0 Å². The number of para-hydroxylation sites is 1. The maximum Gasteiger partial charge on any atom is 0.123 e. The van der Waals surface area contributed by atoms with Crippen LogP contribution in [-0.2, 0) is 6.61 Å². The van der Waals surface area contributed by atoms with Crippen LogP contribution in [0.3, 0.4) is 0 Å². The van der Waals surface area contributed by atoms with Crippen molar-refractivity contribution >= 4 is 5.69 Å². The molecule has 18 heavy (non-hydrogen) atoms. The number of halogens is 1. The Morgan fingerprint density at radius 2 is 1.94 bits per heavy atom. The van der Waals surface area contributed by atoms with Crippen LogP contribution in [0.2, 0.25) is 0 Å². The Balaban J connectivity index is 2.18. The van der Waals surface area contributed by atoms with Gasteiger partial charge in [0, 0.05) is 17.3 Å². The SMILES string of the molecule is CC(Nc1ccccc1CO)c1cccc(F)c1. The van der Waals surface area contributed by atoms with Crippen molar-refractivity contribution < 1.29 is 9.50 Å². The molecule has 1 unspecified atom stereocenters. The standard InChI is InChI=1S/C15H16FNO/c1-11(12-6-4-7-14(16)9-12)17-15-8-3-2-5-13(15)10-18/h2-9,11,17-18H,10H2,1H3. The molecule has 3 heteroatoms. The first kappa shape index (κ1) is 12.6. The van der Waals surface area contributed by atoms with E-state index in [4.69, 9.17) is 0 Å². The second kappa shape index (κ2) is 5.65. The fourth-order valence-corrected chi connectivity index (χ4v) is 1.89. The van der Waals surface area contributed by atoms with Crippen molar-refractivity contribution in [1.82, 2.24) is 0 Å². The number of anilines is 1. The molecule has 94 valence electrons. The van der Waals surface area contributed by atoms with E-state index in [1.165, 1.54) is 12.1 Å². The van der Waals surface area contributed by atoms with Gasteiger partial charge < -0.3 is 10.4 Å². The molecule has 0 fully saturated rings. The summed E-state index contributed by atoms with van der Waals surface area (Å²) in [5.41, 5.74) is 2.58. The lowest BCUT2D eigenvalue weighted by molar-refractivity contribution is 0.282. The lowest BCUT2D eigenvalue weighted by Crippen LogP contribution is -2.08. The van der Waals surface area contributed by atoms with Crippen molar-refractivity contribution in [3.8, 4) is 0 Å². The summed E-state index contributed by atoms with van der Waals surface area (Å²) in [5.74, 6) is -0.239. The molecule has 0 aliphatic rings. The fraction of sp³-hybridized carbons (Fsp3) is 0.200. The third-order valence-corrected chi connectivity index (χ3v) is 2.91. The van der Waals surface area contributed by atoms with Crippen LogP contribution in [0.4, 0.5) is 10.1 Å². The molecule has 0 saturated heterocycles. The summed E-state index contributed by atoms with van der Waals surface area (Å²) in [7, 11) is 0. The normalized spacial score (nSPS) is 12.2. The second-order valence-electron chi connectivity index (χ2n) is 4.24. The van der Waals surface area contributed by atoms with Gasteiger partial charge in [0.05, 0.1) is 6.61 Å². The van der Waals surface area contributed by atoms with Crippen molar-refractivity contribution in [2.75, 3.05) is 5.32 Å². The molecule has 2 aromatic carbocycles. The molecule has 0 aliphatic carbocycles. The molecular formula is C15H16FNO. The van der Waals surface area contributed by atoms with Gasteiger partial charge in [-0.2, -0.15) is 0 Å². The minimum atomic E-state index is -0.239. The Hall–Kier alpha value is -1.87. The number of benzene rings is 2. The Labute approximate surface area is 106 Å². The average Bonchev–Trinajstić information content (AvgIpc) is 2.39. The van der Waals surface area contributed by atoms with Crippen LogP contribution in [0.15, 0.2) is 48.5 Å². The monoisotopic (exact) mass is 245 g/mol. The number of rotatable bonds is 4. The molecule has 2 rings (SSSR count). The predicted octanol–water partition coefficient (Wildman–Crippen LogP) is 3.49. The predicted molar refractivity (Wildman–Crippen MR) is 70.8 cm³/mol. The Kier molecular flexibility index (Phi) is 3.95. The molecule has 0 spiro atoms. The van der Waals surface area contributed by atoms with Gasteiger partial charge in [-0.1, -0.05) is 30.3 Å². The number of aliphatic hydroxyl groups excluding tert-OH is 1. The zero-order valence-corrected chi connectivity index (χ0v) is 10.2. The van der Waals surface area contributed by atoms with E-state index in [0.29, 0.717) is 0 Å². The van der Waals surface area contributed by atoms with Gasteiger partial charge in [-0.15, -0.1) is 0 Å². The lowest BCUT2D eigenvalue weighted by atomic mass is 10.1. The van der Waals surface area contributed by atoms with E-state index in [1.807, 2.05) is 37.3 Å². The van der Waals surface area contributed by atoms with E-state index in [9.17, 15) is 9.50 Å². The highest BCUT2D eigenvalue weighted by Crippen LogP contribution is 2.22. The smallest absolute Gasteiger partial charge is 0.123 e. The molecule has 0 amide bonds. The van der Waals surface area contributed by atoms with Gasteiger partial charge >= 0.3 is 0 Å². The molecule has 1 atom stereocenters. The van der Waals surface area contributed by atoms with Crippen molar-refractivity contribution in [3.05, 3.63) is 65.5 Å². The summed E-state index contributed by atoms with van der Waals surface area (Å²) in [4.78, 5) is 0. The molecule has 0 radical (unpaired) electrons. The van der Waals surface area contributed by atoms with Gasteiger partial charge in [0.2, 0.25) is 0 Å². The first-order chi connectivity index (χ1) is 8.70. The van der Waals surface area contributed by atoms with Gasteiger partial charge in [0.1, 0.15) is 5.82 Å². The molecule has 0 saturated carbocycles. The summed E-state index contributed by atoms with van der Waals surface area (Å²) < 4.78 is 13.1. The van der Waals surface area contributed by atoms with Crippen molar-refractivity contribution in [3.63, 3.8) is 0 Å². The first-order valence-electron chi connectivity index (χ1n) is 5.91. The third-order valence-electron chi connectivity index (χ3n) is 2.91. The highest BCUT2D eigenvalue weighted by Gasteiger charge is 2.08. The summed E-state index contributed by atoms with van der Waals surface area (Å²) >= 11 is 0. The molecule has 0 heterocycles. The molecule has 0 aliphatic heterocycles. The van der Waals surface area contributed by atoms with Crippen LogP contribution in [0, 0.1) is 5.82 Å². The Morgan fingerprint density at radius 1 is 1.17 bits per heavy atom. The van der Waals surface area contributed by atoms with Gasteiger partial charge in [-0.05, 0) is 30.7 Å². The van der Waals surface area contributed by atoms with Crippen LogP contribution in [0.25, 0.3) is 0 Å². The average molecular weight is 245 g/mol. The van der Waals surface area contributed by atoms with Crippen molar-refractivity contribution in [2.45, 2.75) is 19.6 Å². The summed E-state index contributed by atoms with van der Waals surface area (Å²) in [6, 6.07) is 14.0. The fourth-order valence-electron chi connectivity index (χ4n) is 1.89. The van der Waals surface area contributed by atoms with Crippen LogP contribution in [0.1, 0.15) is 24.1 Å². The second-order valence-corrected chi connectivity index (χ2v) is 4.24. The van der Waals surface area contributed by atoms with E-state index in [1.54, 1.807) is 6.07 Å². The molecule has 2 N–H and O–H groups in total. The van der Waals surface area contributed by atoms with Crippen molar-refractivity contribution in [2.24, 2.45) is 0 Å². The largest absolute Gasteiger partial charge is 0.392 e. The zero-order valence-electron chi connectivity index (χ0n) is 10.2. The minimum Gasteiger partial charge on any atom is -0.392 e. The van der Waals surface area contributed by atoms with E-state index >= 15 is 0 Å². The number of hydrogen-bond donors (Lipinski definition) is 2. The zero-order chi connectivity index (χ0) is 13.0. The van der Waals surface area contributed by atoms with Gasteiger partial charge in [-0.3, -0.25) is 0 Å². The van der Waals surface area contributed by atoms with E-state index in [2.05, 4.69) is 5.32 Å². The third kappa shape index (κ3) is 2.87. The number of hydrogen-bond acceptors (Lipinski definition) is 2. The first-order valence-corrected chi connectivity index (χ1v) is 5.91. The maximum absolute atomic E-state index is 13.1. The van der Waals surface area contributed by atoms with E-state index in [0.717, 1.165) is 16.8 Å². The van der Waals surface area contributed by atoms with Gasteiger partial charge in [0.25, 0.3) is 0 Å². The summed E-state index contributed by atoms with van der Waals surface area (Å²) in [6.45, 7) is 1.95. The summed E-state index contributed by atoms with van der Waals surface area (Å²) in [6.07, 6.45) is 0. The summed E-state index contributed by atoms with van der Waals surface area (Å²) in [5, 5.41) is 12.5. The maximum atomic E-state index is 13.1. The highest BCUT2D eigenvalue weighted by atomic mass is 19.1. The van der Waals surface area contributed by atoms with E-state index < -0.39 is 0 Å². The number of nitrogens with one attached hydrogen (secondary N) is 1. The highest BCUT2D eigenvalue weighted by molar-refractivity contribution is 5.52. The molecule has 0 aromatic heterocycles. The topological polar surface area (TPSA) is 32.3 Å². The molecular weight excluding hydrogens is 229 g/mol. The van der Waals surface area contributed by atoms with Gasteiger partial charge in [0.15, 0.2) is 0 Å². The minimum absolute atomic E-state index is 0.0148. The van der Waals surface area contributed by atoms with E-state index in [-0.39, 0.29) is 18.5 Å². The molecule has 0 bridgehead atoms. The Bertz CT molecular complexity index is 527. The molecule has 2 aromatic rings.